The van der Waals surface area contributed by atoms with Crippen molar-refractivity contribution in [2.75, 3.05) is 12.4 Å². The lowest BCUT2D eigenvalue weighted by Crippen LogP contribution is -2.02. The average molecular weight is 189 g/mol. The van der Waals surface area contributed by atoms with E-state index >= 15 is 0 Å². The number of benzene rings is 1. The van der Waals surface area contributed by atoms with Crippen LogP contribution in [0.4, 0.5) is 5.69 Å². The van der Waals surface area contributed by atoms with Gasteiger partial charge >= 0.3 is 0 Å². The van der Waals surface area contributed by atoms with Gasteiger partial charge in [-0.2, -0.15) is 0 Å². The normalized spacial score (nSPS) is 9.64. The van der Waals surface area contributed by atoms with Gasteiger partial charge in [-0.05, 0) is 25.5 Å². The van der Waals surface area contributed by atoms with Crippen LogP contribution in [0.15, 0.2) is 24.8 Å². The molecule has 1 aromatic carbocycles. The van der Waals surface area contributed by atoms with Crippen molar-refractivity contribution in [2.24, 2.45) is 0 Å². The number of anilines is 1. The molecular weight excluding hydrogens is 174 g/mol. The van der Waals surface area contributed by atoms with E-state index in [0.717, 1.165) is 22.4 Å². The third-order valence-corrected chi connectivity index (χ3v) is 2.14. The van der Waals surface area contributed by atoms with Crippen molar-refractivity contribution in [3.8, 4) is 0 Å². The Bertz CT molecular complexity index is 380. The van der Waals surface area contributed by atoms with Crippen LogP contribution in [0.2, 0.25) is 0 Å². The number of hydrogen-bond donors (Lipinski definition) is 1. The molecule has 2 nitrogen and oxygen atoms in total. The van der Waals surface area contributed by atoms with Crippen LogP contribution in [-0.4, -0.2) is 12.8 Å². The van der Waals surface area contributed by atoms with Crippen LogP contribution in [0.3, 0.4) is 0 Å². The fourth-order valence-corrected chi connectivity index (χ4v) is 1.51. The molecule has 0 saturated heterocycles. The molecule has 0 aliphatic heterocycles. The Hall–Kier alpha value is -1.57. The van der Waals surface area contributed by atoms with Crippen LogP contribution < -0.4 is 5.32 Å². The SMILES string of the molecule is C=C(C)c1c(NC)cccc1C(C)=O. The number of carbonyl (C=O) groups excluding carboxylic acids is 1. The molecule has 0 amide bonds. The van der Waals surface area contributed by atoms with E-state index in [9.17, 15) is 4.79 Å². The second-order valence-electron chi connectivity index (χ2n) is 3.31. The summed E-state index contributed by atoms with van der Waals surface area (Å²) in [6, 6.07) is 5.64. The number of hydrogen-bond acceptors (Lipinski definition) is 2. The van der Waals surface area contributed by atoms with Crippen LogP contribution >= 0.6 is 0 Å². The smallest absolute Gasteiger partial charge is 0.160 e. The first-order valence-corrected chi connectivity index (χ1v) is 4.55. The summed E-state index contributed by atoms with van der Waals surface area (Å²) in [6.07, 6.45) is 0. The summed E-state index contributed by atoms with van der Waals surface area (Å²) in [7, 11) is 1.84. The molecule has 14 heavy (non-hydrogen) atoms. The number of carbonyl (C=O) groups is 1. The summed E-state index contributed by atoms with van der Waals surface area (Å²) in [5.41, 5.74) is 3.50. The van der Waals surface area contributed by atoms with Crippen molar-refractivity contribution in [1.82, 2.24) is 0 Å². The molecule has 0 heterocycles. The molecule has 0 aliphatic carbocycles. The van der Waals surface area contributed by atoms with Gasteiger partial charge in [0.15, 0.2) is 5.78 Å². The summed E-state index contributed by atoms with van der Waals surface area (Å²) in [5.74, 6) is 0.0695. The van der Waals surface area contributed by atoms with Gasteiger partial charge in [0.25, 0.3) is 0 Å². The maximum atomic E-state index is 11.4. The van der Waals surface area contributed by atoms with Crippen LogP contribution in [0.25, 0.3) is 5.57 Å². The summed E-state index contributed by atoms with van der Waals surface area (Å²) in [4.78, 5) is 11.4. The Kier molecular flexibility index (Phi) is 3.07. The second-order valence-corrected chi connectivity index (χ2v) is 3.31. The number of allylic oxidation sites excluding steroid dienone is 1. The van der Waals surface area contributed by atoms with E-state index in [0.29, 0.717) is 0 Å². The predicted octanol–water partition coefficient (Wildman–Crippen LogP) is 2.96. The standard InChI is InChI=1S/C12H15NO/c1-8(2)12-10(9(3)14)6-5-7-11(12)13-4/h5-7,13H,1H2,2-4H3. The molecule has 0 unspecified atom stereocenters. The first-order valence-electron chi connectivity index (χ1n) is 4.55. The molecule has 0 aromatic heterocycles. The van der Waals surface area contributed by atoms with Crippen molar-refractivity contribution in [3.05, 3.63) is 35.9 Å². The second kappa shape index (κ2) is 4.09. The zero-order valence-electron chi connectivity index (χ0n) is 8.85. The molecule has 0 spiro atoms. The number of rotatable bonds is 3. The number of nitrogens with one attached hydrogen (secondary N) is 1. The Labute approximate surface area is 84.6 Å². The zero-order chi connectivity index (χ0) is 10.7. The molecule has 0 aliphatic rings. The van der Waals surface area contributed by atoms with Crippen LogP contribution in [-0.2, 0) is 0 Å². The van der Waals surface area contributed by atoms with Crippen molar-refractivity contribution >= 4 is 17.0 Å². The lowest BCUT2D eigenvalue weighted by Gasteiger charge is -2.12. The van der Waals surface area contributed by atoms with Gasteiger partial charge in [-0.25, -0.2) is 0 Å². The average Bonchev–Trinajstić information content (AvgIpc) is 2.16. The quantitative estimate of drug-likeness (QED) is 0.741. The minimum atomic E-state index is 0.0695. The number of Topliss-reactive ketones (excluding diaryl/α,β-unsaturated/α-hetero) is 1. The molecule has 1 N–H and O–H groups in total. The minimum Gasteiger partial charge on any atom is -0.388 e. The molecule has 1 rings (SSSR count). The molecule has 0 fully saturated rings. The highest BCUT2D eigenvalue weighted by Crippen LogP contribution is 2.26. The summed E-state index contributed by atoms with van der Waals surface area (Å²) < 4.78 is 0. The molecule has 0 bridgehead atoms. The van der Waals surface area contributed by atoms with Crippen molar-refractivity contribution in [1.29, 1.82) is 0 Å². The Morgan fingerprint density at radius 2 is 2.00 bits per heavy atom. The van der Waals surface area contributed by atoms with Gasteiger partial charge in [0.2, 0.25) is 0 Å². The van der Waals surface area contributed by atoms with E-state index in [4.69, 9.17) is 0 Å². The van der Waals surface area contributed by atoms with Crippen molar-refractivity contribution in [3.63, 3.8) is 0 Å². The summed E-state index contributed by atoms with van der Waals surface area (Å²) in [6.45, 7) is 7.36. The summed E-state index contributed by atoms with van der Waals surface area (Å²) in [5, 5.41) is 3.06. The maximum Gasteiger partial charge on any atom is 0.160 e. The third kappa shape index (κ3) is 1.84. The van der Waals surface area contributed by atoms with E-state index in [1.807, 2.05) is 32.2 Å². The third-order valence-electron chi connectivity index (χ3n) is 2.14. The van der Waals surface area contributed by atoms with E-state index in [1.54, 1.807) is 6.92 Å². The van der Waals surface area contributed by atoms with Gasteiger partial charge in [-0.1, -0.05) is 18.7 Å². The Morgan fingerprint density at radius 1 is 1.36 bits per heavy atom. The highest BCUT2D eigenvalue weighted by molar-refractivity contribution is 6.01. The van der Waals surface area contributed by atoms with Gasteiger partial charge in [0.05, 0.1) is 0 Å². The van der Waals surface area contributed by atoms with E-state index in [-0.39, 0.29) is 5.78 Å². The van der Waals surface area contributed by atoms with E-state index in [1.165, 1.54) is 0 Å². The molecule has 2 heteroatoms. The monoisotopic (exact) mass is 189 g/mol. The lowest BCUT2D eigenvalue weighted by molar-refractivity contribution is 0.101. The minimum absolute atomic E-state index is 0.0695. The predicted molar refractivity (Wildman–Crippen MR) is 60.7 cm³/mol. The molecule has 0 saturated carbocycles. The topological polar surface area (TPSA) is 29.1 Å². The van der Waals surface area contributed by atoms with Gasteiger partial charge in [0.1, 0.15) is 0 Å². The van der Waals surface area contributed by atoms with Gasteiger partial charge in [-0.15, -0.1) is 0 Å². The van der Waals surface area contributed by atoms with Crippen LogP contribution in [0.5, 0.6) is 0 Å². The maximum absolute atomic E-state index is 11.4. The first-order chi connectivity index (χ1) is 6.57. The van der Waals surface area contributed by atoms with Gasteiger partial charge in [-0.3, -0.25) is 4.79 Å². The lowest BCUT2D eigenvalue weighted by atomic mass is 9.97. The van der Waals surface area contributed by atoms with Gasteiger partial charge in [0, 0.05) is 23.9 Å². The van der Waals surface area contributed by atoms with Gasteiger partial charge < -0.3 is 5.32 Å². The summed E-state index contributed by atoms with van der Waals surface area (Å²) >= 11 is 0. The number of ketones is 1. The van der Waals surface area contributed by atoms with Crippen LogP contribution in [0, 0.1) is 0 Å². The Morgan fingerprint density at radius 3 is 2.43 bits per heavy atom. The Balaban J connectivity index is 3.43. The van der Waals surface area contributed by atoms with Crippen molar-refractivity contribution < 1.29 is 4.79 Å². The molecular formula is C12H15NO. The molecule has 74 valence electrons. The fourth-order valence-electron chi connectivity index (χ4n) is 1.51. The van der Waals surface area contributed by atoms with Crippen LogP contribution in [0.1, 0.15) is 29.8 Å². The highest BCUT2D eigenvalue weighted by atomic mass is 16.1. The molecule has 1 aromatic rings. The van der Waals surface area contributed by atoms with E-state index < -0.39 is 0 Å². The van der Waals surface area contributed by atoms with Crippen molar-refractivity contribution in [2.45, 2.75) is 13.8 Å². The molecule has 0 atom stereocenters. The zero-order valence-corrected chi connectivity index (χ0v) is 8.85. The fraction of sp³-hybridized carbons (Fsp3) is 0.250. The highest BCUT2D eigenvalue weighted by Gasteiger charge is 2.10. The van der Waals surface area contributed by atoms with E-state index in [2.05, 4.69) is 11.9 Å². The first kappa shape index (κ1) is 10.5. The molecule has 0 radical (unpaired) electrons. The largest absolute Gasteiger partial charge is 0.388 e.